The Morgan fingerprint density at radius 3 is 2.67 bits per heavy atom. The molecule has 0 aliphatic carbocycles. The first kappa shape index (κ1) is 19.5. The van der Waals surface area contributed by atoms with Crippen LogP contribution in [0, 0.1) is 5.82 Å². The van der Waals surface area contributed by atoms with E-state index in [-0.39, 0.29) is 29.6 Å². The van der Waals surface area contributed by atoms with Gasteiger partial charge in [0.15, 0.2) is 0 Å². The fraction of sp³-hybridized carbons (Fsp3) is 0.467. The number of alkyl halides is 3. The summed E-state index contributed by atoms with van der Waals surface area (Å²) in [7, 11) is -2.88. The van der Waals surface area contributed by atoms with E-state index in [0.29, 0.717) is 12.8 Å². The van der Waals surface area contributed by atoms with Crippen molar-refractivity contribution in [3.05, 3.63) is 35.8 Å². The number of ether oxygens (including phenoxy) is 1. The third-order valence-corrected chi connectivity index (χ3v) is 6.05. The number of rotatable bonds is 4. The van der Waals surface area contributed by atoms with Gasteiger partial charge in [-0.1, -0.05) is 0 Å². The molecule has 1 aromatic carbocycles. The molecule has 1 unspecified atom stereocenters. The number of hydrogen-bond acceptors (Lipinski definition) is 6. The minimum atomic E-state index is -4.78. The average molecular weight is 409 g/mol. The summed E-state index contributed by atoms with van der Waals surface area (Å²) in [6.07, 6.45) is -4.03. The largest absolute Gasteiger partial charge is 0.495 e. The molecule has 148 valence electrons. The lowest BCUT2D eigenvalue weighted by Crippen LogP contribution is -2.39. The smallest absolute Gasteiger partial charge is 0.470 e. The molecule has 2 heterocycles. The van der Waals surface area contributed by atoms with Gasteiger partial charge in [0.1, 0.15) is 16.5 Å². The van der Waals surface area contributed by atoms with Crippen molar-refractivity contribution in [2.45, 2.75) is 29.8 Å². The second-order valence-corrected chi connectivity index (χ2v) is 7.85. The molecule has 1 fully saturated rings. The first-order chi connectivity index (χ1) is 12.6. The van der Waals surface area contributed by atoms with Crippen molar-refractivity contribution < 1.29 is 35.1 Å². The van der Waals surface area contributed by atoms with Crippen molar-refractivity contribution in [3.8, 4) is 5.75 Å². The Morgan fingerprint density at radius 1 is 1.30 bits per heavy atom. The van der Waals surface area contributed by atoms with E-state index in [9.17, 15) is 26.0 Å². The second kappa shape index (κ2) is 7.08. The molecule has 3 rings (SSSR count). The highest BCUT2D eigenvalue weighted by Crippen LogP contribution is 2.35. The van der Waals surface area contributed by atoms with E-state index in [1.165, 1.54) is 13.2 Å². The highest BCUT2D eigenvalue weighted by atomic mass is 32.2. The minimum absolute atomic E-state index is 0.0318. The Balaban J connectivity index is 1.88. The van der Waals surface area contributed by atoms with Crippen LogP contribution in [0.3, 0.4) is 0 Å². The van der Waals surface area contributed by atoms with Gasteiger partial charge in [-0.25, -0.2) is 12.8 Å². The summed E-state index contributed by atoms with van der Waals surface area (Å²) in [6.45, 7) is -0.0414. The molecule has 0 saturated carbocycles. The van der Waals surface area contributed by atoms with Crippen LogP contribution in [0.25, 0.3) is 0 Å². The summed E-state index contributed by atoms with van der Waals surface area (Å²) in [6, 6.07) is 3.09. The van der Waals surface area contributed by atoms with E-state index in [1.807, 2.05) is 0 Å². The third-order valence-electron chi connectivity index (χ3n) is 4.16. The van der Waals surface area contributed by atoms with E-state index in [2.05, 4.69) is 14.6 Å². The van der Waals surface area contributed by atoms with Crippen LogP contribution in [0.15, 0.2) is 27.5 Å². The number of methoxy groups -OCH3 is 1. The normalized spacial score (nSPS) is 19.2. The summed E-state index contributed by atoms with van der Waals surface area (Å²) in [4.78, 5) is -0.354. The SMILES string of the molecule is COc1ccc(F)cc1S(=O)(=O)N1CCCC(c2nnc(C(F)(F)F)o2)C1. The van der Waals surface area contributed by atoms with Crippen molar-refractivity contribution in [2.75, 3.05) is 20.2 Å². The van der Waals surface area contributed by atoms with Crippen LogP contribution in [0.2, 0.25) is 0 Å². The predicted molar refractivity (Wildman–Crippen MR) is 83.0 cm³/mol. The van der Waals surface area contributed by atoms with Gasteiger partial charge in [0.2, 0.25) is 15.9 Å². The molecular weight excluding hydrogens is 394 g/mol. The number of aromatic nitrogens is 2. The molecule has 2 aromatic rings. The molecule has 0 radical (unpaired) electrons. The van der Waals surface area contributed by atoms with Gasteiger partial charge in [0.25, 0.3) is 0 Å². The van der Waals surface area contributed by atoms with Crippen molar-refractivity contribution in [3.63, 3.8) is 0 Å². The molecule has 1 atom stereocenters. The van der Waals surface area contributed by atoms with Crippen LogP contribution in [0.5, 0.6) is 5.75 Å². The molecule has 0 N–H and O–H groups in total. The first-order valence-corrected chi connectivity index (χ1v) is 9.31. The Bertz CT molecular complexity index is 929. The summed E-state index contributed by atoms with van der Waals surface area (Å²) in [5.74, 6) is -3.25. The Morgan fingerprint density at radius 2 is 2.04 bits per heavy atom. The highest BCUT2D eigenvalue weighted by molar-refractivity contribution is 7.89. The van der Waals surface area contributed by atoms with Crippen LogP contribution in [-0.4, -0.2) is 43.1 Å². The first-order valence-electron chi connectivity index (χ1n) is 7.87. The van der Waals surface area contributed by atoms with Crippen molar-refractivity contribution in [2.24, 2.45) is 0 Å². The van der Waals surface area contributed by atoms with Gasteiger partial charge in [-0.15, -0.1) is 10.2 Å². The lowest BCUT2D eigenvalue weighted by Gasteiger charge is -2.30. The Hall–Kier alpha value is -2.21. The maximum Gasteiger partial charge on any atom is 0.470 e. The molecule has 12 heteroatoms. The number of benzene rings is 1. The molecule has 27 heavy (non-hydrogen) atoms. The number of sulfonamides is 1. The maximum atomic E-state index is 13.6. The van der Waals surface area contributed by atoms with Gasteiger partial charge >= 0.3 is 12.1 Å². The summed E-state index contributed by atoms with van der Waals surface area (Å²) in [5, 5.41) is 6.37. The molecular formula is C15H15F4N3O4S. The Labute approximate surface area is 152 Å². The number of hydrogen-bond donors (Lipinski definition) is 0. The zero-order valence-corrected chi connectivity index (χ0v) is 14.8. The zero-order chi connectivity index (χ0) is 19.8. The fourth-order valence-corrected chi connectivity index (χ4v) is 4.56. The summed E-state index contributed by atoms with van der Waals surface area (Å²) in [5.41, 5.74) is 0. The van der Waals surface area contributed by atoms with Crippen LogP contribution >= 0.6 is 0 Å². The fourth-order valence-electron chi connectivity index (χ4n) is 2.87. The monoisotopic (exact) mass is 409 g/mol. The quantitative estimate of drug-likeness (QED) is 0.722. The molecule has 7 nitrogen and oxygen atoms in total. The molecule has 1 aliphatic rings. The van der Waals surface area contributed by atoms with Gasteiger partial charge in [-0.05, 0) is 31.0 Å². The molecule has 0 spiro atoms. The van der Waals surface area contributed by atoms with Crippen LogP contribution in [0.4, 0.5) is 17.6 Å². The van der Waals surface area contributed by atoms with Crippen LogP contribution < -0.4 is 4.74 Å². The van der Waals surface area contributed by atoms with E-state index in [0.717, 1.165) is 16.4 Å². The van der Waals surface area contributed by atoms with E-state index < -0.39 is 33.8 Å². The number of halogens is 4. The minimum Gasteiger partial charge on any atom is -0.495 e. The van der Waals surface area contributed by atoms with Gasteiger partial charge in [0, 0.05) is 13.1 Å². The van der Waals surface area contributed by atoms with E-state index in [1.54, 1.807) is 0 Å². The van der Waals surface area contributed by atoms with Crippen molar-refractivity contribution in [1.82, 2.24) is 14.5 Å². The van der Waals surface area contributed by atoms with Crippen molar-refractivity contribution >= 4 is 10.0 Å². The maximum absolute atomic E-state index is 13.6. The van der Waals surface area contributed by atoms with Gasteiger partial charge in [-0.3, -0.25) is 0 Å². The van der Waals surface area contributed by atoms with Gasteiger partial charge < -0.3 is 9.15 Å². The highest BCUT2D eigenvalue weighted by Gasteiger charge is 2.40. The second-order valence-electron chi connectivity index (χ2n) is 5.94. The summed E-state index contributed by atoms with van der Waals surface area (Å²) >= 11 is 0. The molecule has 0 bridgehead atoms. The summed E-state index contributed by atoms with van der Waals surface area (Å²) < 4.78 is 87.9. The Kier molecular flexibility index (Phi) is 5.12. The average Bonchev–Trinajstić information content (AvgIpc) is 3.12. The number of piperidine rings is 1. The topological polar surface area (TPSA) is 85.5 Å². The standard InChI is InChI=1S/C15H15F4N3O4S/c1-25-11-5-4-10(16)7-12(11)27(23,24)22-6-2-3-9(8-22)13-20-21-14(26-13)15(17,18)19/h4-5,7,9H,2-3,6,8H2,1H3. The molecule has 1 saturated heterocycles. The predicted octanol–water partition coefficient (Wildman–Crippen LogP) is 2.80. The van der Waals surface area contributed by atoms with Gasteiger partial charge in [0.05, 0.1) is 13.0 Å². The molecule has 0 amide bonds. The van der Waals surface area contributed by atoms with Gasteiger partial charge in [-0.2, -0.15) is 17.5 Å². The van der Waals surface area contributed by atoms with Crippen LogP contribution in [-0.2, 0) is 16.2 Å². The lowest BCUT2D eigenvalue weighted by atomic mass is 10.00. The lowest BCUT2D eigenvalue weighted by molar-refractivity contribution is -0.157. The molecule has 1 aromatic heterocycles. The third kappa shape index (κ3) is 3.90. The molecule has 1 aliphatic heterocycles. The van der Waals surface area contributed by atoms with E-state index >= 15 is 0 Å². The number of nitrogens with zero attached hydrogens (tertiary/aromatic N) is 3. The zero-order valence-electron chi connectivity index (χ0n) is 14.0. The van der Waals surface area contributed by atoms with E-state index in [4.69, 9.17) is 4.74 Å². The van der Waals surface area contributed by atoms with Crippen molar-refractivity contribution in [1.29, 1.82) is 0 Å². The van der Waals surface area contributed by atoms with Crippen LogP contribution in [0.1, 0.15) is 30.5 Å².